The molecule has 0 aliphatic carbocycles. The van der Waals surface area contributed by atoms with Crippen molar-refractivity contribution < 1.29 is 18.0 Å². The van der Waals surface area contributed by atoms with Crippen molar-refractivity contribution in [2.45, 2.75) is 6.18 Å². The third-order valence-corrected chi connectivity index (χ3v) is 2.65. The number of nitrogens with zero attached hydrogens (tertiary/aromatic N) is 1. The quantitative estimate of drug-likeness (QED) is 0.725. The summed E-state index contributed by atoms with van der Waals surface area (Å²) < 4.78 is 38.0. The molecule has 0 saturated carbocycles. The number of carbonyl (C=O) groups excluding carboxylic acids is 1. The molecule has 0 bridgehead atoms. The normalized spacial score (nSPS) is 17.1. The lowest BCUT2D eigenvalue weighted by atomic mass is 9.99. The summed E-state index contributed by atoms with van der Waals surface area (Å²) >= 11 is 0. The maximum Gasteiger partial charge on any atom is 0.418 e. The van der Waals surface area contributed by atoms with Crippen molar-refractivity contribution in [1.82, 2.24) is 0 Å². The van der Waals surface area contributed by atoms with Crippen molar-refractivity contribution in [3.05, 3.63) is 29.8 Å². The number of hydrogen-bond acceptors (Lipinski definition) is 2. The first kappa shape index (κ1) is 11.0. The van der Waals surface area contributed by atoms with E-state index in [0.717, 1.165) is 12.4 Å². The Morgan fingerprint density at radius 2 is 1.88 bits per heavy atom. The monoisotopic (exact) mass is 229 g/mol. The second-order valence-corrected chi connectivity index (χ2v) is 3.82. The average Bonchev–Trinajstić information content (AvgIpc) is 2.15. The number of hydrogen-bond donors (Lipinski definition) is 0. The third-order valence-electron chi connectivity index (χ3n) is 2.65. The van der Waals surface area contributed by atoms with E-state index in [4.69, 9.17) is 0 Å². The average molecular weight is 229 g/mol. The number of alkyl halides is 3. The molecule has 0 N–H and O–H groups in total. The summed E-state index contributed by atoms with van der Waals surface area (Å²) in [5.41, 5.74) is -0.479. The summed E-state index contributed by atoms with van der Waals surface area (Å²) in [4.78, 5) is 12.0. The van der Waals surface area contributed by atoms with E-state index in [1.54, 1.807) is 11.0 Å². The lowest BCUT2D eigenvalue weighted by Gasteiger charge is -2.39. The molecule has 0 spiro atoms. The van der Waals surface area contributed by atoms with Crippen LogP contribution in [0.2, 0.25) is 0 Å². The van der Waals surface area contributed by atoms with Crippen LogP contribution in [0.1, 0.15) is 5.56 Å². The van der Waals surface area contributed by atoms with E-state index in [0.29, 0.717) is 13.1 Å². The van der Waals surface area contributed by atoms with Crippen LogP contribution in [0.25, 0.3) is 0 Å². The molecule has 1 aliphatic rings. The fourth-order valence-electron chi connectivity index (χ4n) is 1.78. The molecular formula is C11H10F3NO. The second-order valence-electron chi connectivity index (χ2n) is 3.82. The van der Waals surface area contributed by atoms with Crippen molar-refractivity contribution in [2.24, 2.45) is 5.92 Å². The van der Waals surface area contributed by atoms with Crippen LogP contribution < -0.4 is 4.90 Å². The van der Waals surface area contributed by atoms with E-state index in [-0.39, 0.29) is 11.6 Å². The zero-order valence-electron chi connectivity index (χ0n) is 8.37. The highest BCUT2D eigenvalue weighted by molar-refractivity contribution is 5.64. The Kier molecular flexibility index (Phi) is 2.61. The van der Waals surface area contributed by atoms with Gasteiger partial charge in [-0.25, -0.2) is 0 Å². The van der Waals surface area contributed by atoms with Crippen LogP contribution in [0.3, 0.4) is 0 Å². The van der Waals surface area contributed by atoms with Gasteiger partial charge in [0.25, 0.3) is 0 Å². The zero-order chi connectivity index (χ0) is 11.8. The van der Waals surface area contributed by atoms with Crippen molar-refractivity contribution in [3.8, 4) is 0 Å². The molecule has 0 radical (unpaired) electrons. The first-order valence-corrected chi connectivity index (χ1v) is 4.89. The molecule has 16 heavy (non-hydrogen) atoms. The minimum absolute atomic E-state index is 0.138. The molecule has 1 saturated heterocycles. The molecule has 1 fully saturated rings. The van der Waals surface area contributed by atoms with Crippen LogP contribution in [-0.4, -0.2) is 19.4 Å². The highest BCUT2D eigenvalue weighted by Gasteiger charge is 2.37. The predicted molar refractivity (Wildman–Crippen MR) is 53.2 cm³/mol. The molecule has 1 heterocycles. The van der Waals surface area contributed by atoms with Gasteiger partial charge in [0.05, 0.1) is 5.56 Å². The van der Waals surface area contributed by atoms with Gasteiger partial charge in [0.15, 0.2) is 0 Å². The topological polar surface area (TPSA) is 20.3 Å². The number of rotatable bonds is 2. The second kappa shape index (κ2) is 3.81. The lowest BCUT2D eigenvalue weighted by molar-refractivity contribution is -0.137. The molecule has 86 valence electrons. The van der Waals surface area contributed by atoms with Gasteiger partial charge < -0.3 is 9.69 Å². The Morgan fingerprint density at radius 1 is 1.25 bits per heavy atom. The van der Waals surface area contributed by atoms with Gasteiger partial charge in [-0.1, -0.05) is 12.1 Å². The van der Waals surface area contributed by atoms with Crippen LogP contribution >= 0.6 is 0 Å². The van der Waals surface area contributed by atoms with Crippen molar-refractivity contribution in [2.75, 3.05) is 18.0 Å². The maximum absolute atomic E-state index is 12.7. The van der Waals surface area contributed by atoms with Gasteiger partial charge in [0, 0.05) is 24.7 Å². The van der Waals surface area contributed by atoms with E-state index in [1.807, 2.05) is 0 Å². The van der Waals surface area contributed by atoms with Gasteiger partial charge in [-0.3, -0.25) is 0 Å². The summed E-state index contributed by atoms with van der Waals surface area (Å²) in [6.07, 6.45) is -3.56. The molecule has 0 unspecified atom stereocenters. The third kappa shape index (κ3) is 1.89. The van der Waals surface area contributed by atoms with Gasteiger partial charge in [-0.15, -0.1) is 0 Å². The highest BCUT2D eigenvalue weighted by Crippen LogP contribution is 2.38. The van der Waals surface area contributed by atoms with Crippen molar-refractivity contribution in [1.29, 1.82) is 0 Å². The molecule has 5 heteroatoms. The van der Waals surface area contributed by atoms with E-state index in [1.165, 1.54) is 12.1 Å². The molecule has 1 aromatic rings. The minimum atomic E-state index is -4.34. The van der Waals surface area contributed by atoms with E-state index in [2.05, 4.69) is 0 Å². The number of para-hydroxylation sites is 1. The molecule has 2 nitrogen and oxygen atoms in total. The van der Waals surface area contributed by atoms with Crippen LogP contribution in [0.15, 0.2) is 24.3 Å². The maximum atomic E-state index is 12.7. The van der Waals surface area contributed by atoms with Gasteiger partial charge in [0.1, 0.15) is 6.29 Å². The Morgan fingerprint density at radius 3 is 2.44 bits per heavy atom. The highest BCUT2D eigenvalue weighted by atomic mass is 19.4. The Bertz CT molecular complexity index is 396. The van der Waals surface area contributed by atoms with Crippen LogP contribution in [0.4, 0.5) is 18.9 Å². The molecule has 0 aromatic heterocycles. The number of anilines is 1. The first-order chi connectivity index (χ1) is 7.52. The number of benzene rings is 1. The molecule has 0 atom stereocenters. The summed E-state index contributed by atoms with van der Waals surface area (Å²) in [6.45, 7) is 0.743. The SMILES string of the molecule is O=CC1CN(c2ccccc2C(F)(F)F)C1. The van der Waals surface area contributed by atoms with E-state index in [9.17, 15) is 18.0 Å². The fraction of sp³-hybridized carbons (Fsp3) is 0.364. The van der Waals surface area contributed by atoms with E-state index < -0.39 is 11.7 Å². The standard InChI is InChI=1S/C11H10F3NO/c12-11(13,14)9-3-1-2-4-10(9)15-5-8(6-15)7-16/h1-4,7-8H,5-6H2. The number of aldehydes is 1. The summed E-state index contributed by atoms with van der Waals surface area (Å²) in [6, 6.07) is 5.43. The lowest BCUT2D eigenvalue weighted by Crippen LogP contribution is -2.48. The minimum Gasteiger partial charge on any atom is -0.369 e. The fourth-order valence-corrected chi connectivity index (χ4v) is 1.78. The van der Waals surface area contributed by atoms with E-state index >= 15 is 0 Å². The number of halogens is 3. The van der Waals surface area contributed by atoms with Gasteiger partial charge in [0.2, 0.25) is 0 Å². The van der Waals surface area contributed by atoms with Crippen molar-refractivity contribution in [3.63, 3.8) is 0 Å². The molecule has 1 aromatic carbocycles. The van der Waals surface area contributed by atoms with Crippen LogP contribution in [-0.2, 0) is 11.0 Å². The van der Waals surface area contributed by atoms with Crippen molar-refractivity contribution >= 4 is 12.0 Å². The summed E-state index contributed by atoms with van der Waals surface area (Å²) in [7, 11) is 0. The van der Waals surface area contributed by atoms with Crippen LogP contribution in [0, 0.1) is 5.92 Å². The summed E-state index contributed by atoms with van der Waals surface area (Å²) in [5.74, 6) is -0.138. The Balaban J connectivity index is 2.25. The molecular weight excluding hydrogens is 219 g/mol. The van der Waals surface area contributed by atoms with Crippen LogP contribution in [0.5, 0.6) is 0 Å². The smallest absolute Gasteiger partial charge is 0.369 e. The van der Waals surface area contributed by atoms with Gasteiger partial charge in [-0.2, -0.15) is 13.2 Å². The largest absolute Gasteiger partial charge is 0.418 e. The predicted octanol–water partition coefficient (Wildman–Crippen LogP) is 2.34. The molecule has 2 rings (SSSR count). The summed E-state index contributed by atoms with van der Waals surface area (Å²) in [5, 5.41) is 0. The zero-order valence-corrected chi connectivity index (χ0v) is 8.37. The molecule has 0 amide bonds. The number of carbonyl (C=O) groups is 1. The van der Waals surface area contributed by atoms with Gasteiger partial charge in [-0.05, 0) is 12.1 Å². The first-order valence-electron chi connectivity index (χ1n) is 4.89. The Hall–Kier alpha value is -1.52. The van der Waals surface area contributed by atoms with Gasteiger partial charge >= 0.3 is 6.18 Å². The Labute approximate surface area is 90.7 Å². The molecule has 1 aliphatic heterocycles.